The Morgan fingerprint density at radius 3 is 2.76 bits per heavy atom. The zero-order valence-corrected chi connectivity index (χ0v) is 9.19. The van der Waals surface area contributed by atoms with Gasteiger partial charge in [0.1, 0.15) is 11.8 Å². The van der Waals surface area contributed by atoms with Crippen LogP contribution in [0.25, 0.3) is 0 Å². The summed E-state index contributed by atoms with van der Waals surface area (Å²) in [6.45, 7) is -0.327. The molecule has 0 unspecified atom stereocenters. The second-order valence-electron chi connectivity index (χ2n) is 3.02. The number of hydrogen-bond acceptors (Lipinski definition) is 4. The first kappa shape index (κ1) is 12.5. The molecule has 0 aliphatic rings. The first-order valence-corrected chi connectivity index (χ1v) is 4.81. The van der Waals surface area contributed by atoms with E-state index in [4.69, 9.17) is 10.00 Å². The third kappa shape index (κ3) is 3.83. The van der Waals surface area contributed by atoms with E-state index in [0.29, 0.717) is 11.3 Å². The minimum atomic E-state index is -0.604. The Labute approximate surface area is 98.2 Å². The predicted molar refractivity (Wildman–Crippen MR) is 59.3 cm³/mol. The number of carbonyl (C=O) groups is 2. The van der Waals surface area contributed by atoms with Gasteiger partial charge in [-0.2, -0.15) is 5.26 Å². The molecule has 6 nitrogen and oxygen atoms in total. The van der Waals surface area contributed by atoms with Crippen molar-refractivity contribution >= 4 is 11.9 Å². The van der Waals surface area contributed by atoms with E-state index < -0.39 is 11.9 Å². The van der Waals surface area contributed by atoms with Gasteiger partial charge in [0, 0.05) is 7.05 Å². The Bertz CT molecular complexity index is 465. The first-order valence-electron chi connectivity index (χ1n) is 4.81. The molecule has 0 fully saturated rings. The van der Waals surface area contributed by atoms with Gasteiger partial charge < -0.3 is 10.1 Å². The summed E-state index contributed by atoms with van der Waals surface area (Å²) in [7, 11) is 1.40. The molecule has 3 amide bonds. The summed E-state index contributed by atoms with van der Waals surface area (Å²) in [5, 5.41) is 13.1. The normalized spacial score (nSPS) is 8.94. The monoisotopic (exact) mass is 233 g/mol. The molecule has 0 heterocycles. The summed E-state index contributed by atoms with van der Waals surface area (Å²) in [6.07, 6.45) is 0. The number of nitrogens with zero attached hydrogens (tertiary/aromatic N) is 1. The number of hydrogen-bond donors (Lipinski definition) is 2. The number of benzene rings is 1. The van der Waals surface area contributed by atoms with Crippen molar-refractivity contribution in [3.63, 3.8) is 0 Å². The second-order valence-corrected chi connectivity index (χ2v) is 3.02. The molecule has 0 aliphatic carbocycles. The molecule has 0 aliphatic heterocycles. The number of amides is 3. The fourth-order valence-electron chi connectivity index (χ4n) is 1.05. The molecule has 6 heteroatoms. The van der Waals surface area contributed by atoms with Gasteiger partial charge in [0.15, 0.2) is 6.61 Å². The number of para-hydroxylation sites is 1. The number of nitriles is 1. The molecule has 0 radical (unpaired) electrons. The van der Waals surface area contributed by atoms with Crippen LogP contribution in [0, 0.1) is 11.3 Å². The van der Waals surface area contributed by atoms with Crippen LogP contribution in [-0.2, 0) is 4.79 Å². The molecule has 88 valence electrons. The van der Waals surface area contributed by atoms with E-state index in [-0.39, 0.29) is 6.61 Å². The van der Waals surface area contributed by atoms with Crippen LogP contribution >= 0.6 is 0 Å². The Morgan fingerprint density at radius 1 is 1.41 bits per heavy atom. The summed E-state index contributed by atoms with van der Waals surface area (Å²) in [6, 6.07) is 7.86. The van der Waals surface area contributed by atoms with Gasteiger partial charge in [0.2, 0.25) is 0 Å². The number of nitrogens with one attached hydrogen (secondary N) is 2. The van der Waals surface area contributed by atoms with E-state index in [0.717, 1.165) is 0 Å². The van der Waals surface area contributed by atoms with Crippen molar-refractivity contribution in [2.24, 2.45) is 0 Å². The van der Waals surface area contributed by atoms with E-state index in [9.17, 15) is 9.59 Å². The van der Waals surface area contributed by atoms with Crippen LogP contribution < -0.4 is 15.4 Å². The number of imide groups is 1. The number of rotatable bonds is 3. The van der Waals surface area contributed by atoms with Gasteiger partial charge in [-0.3, -0.25) is 10.1 Å². The maximum atomic E-state index is 11.2. The van der Waals surface area contributed by atoms with E-state index in [1.165, 1.54) is 7.05 Å². The lowest BCUT2D eigenvalue weighted by Gasteiger charge is -2.07. The Hall–Kier alpha value is -2.55. The minimum absolute atomic E-state index is 0.307. The lowest BCUT2D eigenvalue weighted by molar-refractivity contribution is -0.122. The molecule has 0 aromatic heterocycles. The quantitative estimate of drug-likeness (QED) is 0.790. The highest BCUT2D eigenvalue weighted by Crippen LogP contribution is 2.15. The van der Waals surface area contributed by atoms with E-state index >= 15 is 0 Å². The van der Waals surface area contributed by atoms with Crippen LogP contribution in [0.4, 0.5) is 4.79 Å². The van der Waals surface area contributed by atoms with Crippen LogP contribution in [-0.4, -0.2) is 25.6 Å². The first-order chi connectivity index (χ1) is 8.17. The summed E-state index contributed by atoms with van der Waals surface area (Å²) >= 11 is 0. The van der Waals surface area contributed by atoms with E-state index in [2.05, 4.69) is 5.32 Å². The van der Waals surface area contributed by atoms with Gasteiger partial charge >= 0.3 is 6.03 Å². The van der Waals surface area contributed by atoms with Gasteiger partial charge in [-0.25, -0.2) is 4.79 Å². The second kappa shape index (κ2) is 6.12. The van der Waals surface area contributed by atoms with Crippen molar-refractivity contribution in [3.8, 4) is 11.8 Å². The van der Waals surface area contributed by atoms with Gasteiger partial charge in [-0.1, -0.05) is 12.1 Å². The fraction of sp³-hybridized carbons (Fsp3) is 0.182. The Kier molecular flexibility index (Phi) is 4.51. The average molecular weight is 233 g/mol. The van der Waals surface area contributed by atoms with Crippen molar-refractivity contribution in [3.05, 3.63) is 29.8 Å². The van der Waals surface area contributed by atoms with Crippen molar-refractivity contribution in [1.82, 2.24) is 10.6 Å². The van der Waals surface area contributed by atoms with Crippen molar-refractivity contribution in [2.45, 2.75) is 0 Å². The number of urea groups is 1. The number of carbonyl (C=O) groups excluding carboxylic acids is 2. The molecule has 1 aromatic carbocycles. The maximum absolute atomic E-state index is 11.2. The molecule has 2 N–H and O–H groups in total. The van der Waals surface area contributed by atoms with Crippen LogP contribution in [0.5, 0.6) is 5.75 Å². The lowest BCUT2D eigenvalue weighted by atomic mass is 10.2. The standard InChI is InChI=1S/C11H11N3O3/c1-13-11(16)14-10(15)7-17-9-5-3-2-4-8(9)6-12/h2-5H,7H2,1H3,(H2,13,14,15,16). The SMILES string of the molecule is CNC(=O)NC(=O)COc1ccccc1C#N. The lowest BCUT2D eigenvalue weighted by Crippen LogP contribution is -2.40. The van der Waals surface area contributed by atoms with Crippen LogP contribution in [0.15, 0.2) is 24.3 Å². The van der Waals surface area contributed by atoms with Crippen LogP contribution in [0.3, 0.4) is 0 Å². The van der Waals surface area contributed by atoms with Crippen LogP contribution in [0.1, 0.15) is 5.56 Å². The Balaban J connectivity index is 2.53. The number of ether oxygens (including phenoxy) is 1. The molecule has 1 rings (SSSR count). The minimum Gasteiger partial charge on any atom is -0.482 e. The molecule has 0 bridgehead atoms. The fourth-order valence-corrected chi connectivity index (χ4v) is 1.05. The van der Waals surface area contributed by atoms with Gasteiger partial charge in [0.25, 0.3) is 5.91 Å². The molecule has 0 spiro atoms. The van der Waals surface area contributed by atoms with E-state index in [1.54, 1.807) is 24.3 Å². The summed E-state index contributed by atoms with van der Waals surface area (Å²) in [4.78, 5) is 22.0. The van der Waals surface area contributed by atoms with E-state index in [1.807, 2.05) is 11.4 Å². The zero-order chi connectivity index (χ0) is 12.7. The highest BCUT2D eigenvalue weighted by molar-refractivity contribution is 5.94. The highest BCUT2D eigenvalue weighted by Gasteiger charge is 2.08. The van der Waals surface area contributed by atoms with Crippen molar-refractivity contribution < 1.29 is 14.3 Å². The Morgan fingerprint density at radius 2 is 2.12 bits per heavy atom. The van der Waals surface area contributed by atoms with Crippen molar-refractivity contribution in [2.75, 3.05) is 13.7 Å². The molecule has 0 saturated heterocycles. The average Bonchev–Trinajstić information content (AvgIpc) is 2.36. The molecule has 17 heavy (non-hydrogen) atoms. The topological polar surface area (TPSA) is 91.2 Å². The summed E-state index contributed by atoms with van der Waals surface area (Å²) < 4.78 is 5.12. The van der Waals surface area contributed by atoms with Gasteiger partial charge in [0.05, 0.1) is 5.56 Å². The molecular weight excluding hydrogens is 222 g/mol. The third-order valence-corrected chi connectivity index (χ3v) is 1.85. The maximum Gasteiger partial charge on any atom is 0.321 e. The van der Waals surface area contributed by atoms with Gasteiger partial charge in [-0.05, 0) is 12.1 Å². The molecular formula is C11H11N3O3. The molecule has 0 saturated carbocycles. The summed E-state index contributed by atoms with van der Waals surface area (Å²) in [5.74, 6) is -0.279. The molecule has 0 atom stereocenters. The predicted octanol–water partition coefficient (Wildman–Crippen LogP) is 0.393. The van der Waals surface area contributed by atoms with Gasteiger partial charge in [-0.15, -0.1) is 0 Å². The van der Waals surface area contributed by atoms with Crippen LogP contribution in [0.2, 0.25) is 0 Å². The summed E-state index contributed by atoms with van der Waals surface area (Å²) in [5.41, 5.74) is 0.334. The largest absolute Gasteiger partial charge is 0.482 e. The zero-order valence-electron chi connectivity index (χ0n) is 9.19. The highest BCUT2D eigenvalue weighted by atomic mass is 16.5. The molecule has 1 aromatic rings. The van der Waals surface area contributed by atoms with Crippen molar-refractivity contribution in [1.29, 1.82) is 5.26 Å². The third-order valence-electron chi connectivity index (χ3n) is 1.85. The smallest absolute Gasteiger partial charge is 0.321 e.